The molecule has 10 heavy (non-hydrogen) atoms. The topological polar surface area (TPSA) is 45.5 Å². The summed E-state index contributed by atoms with van der Waals surface area (Å²) in [5.41, 5.74) is 0. The molecule has 3 nitrogen and oxygen atoms in total. The van der Waals surface area contributed by atoms with E-state index >= 15 is 0 Å². The molecule has 0 saturated carbocycles. The molecule has 2 bridgehead atoms. The van der Waals surface area contributed by atoms with Crippen molar-refractivity contribution in [2.75, 3.05) is 0 Å². The molecule has 0 radical (unpaired) electrons. The second-order valence-electron chi connectivity index (χ2n) is 3.18. The van der Waals surface area contributed by atoms with Gasteiger partial charge in [0.2, 0.25) is 0 Å². The molecule has 0 N–H and O–H groups in total. The van der Waals surface area contributed by atoms with E-state index in [4.69, 9.17) is 14.7 Å². The standard InChI is InChI=1S/C7H7NO2/c8-2-3-1-4-6-7(10-6)5(3)9-4/h3-7H,1H2/t3-,4-,5+,6-,7+/m0/s1. The number of ether oxygens (including phenoxy) is 2. The van der Waals surface area contributed by atoms with Crippen LogP contribution in [0.15, 0.2) is 0 Å². The molecule has 0 unspecified atom stereocenters. The molecule has 0 amide bonds. The number of hydrogen-bond acceptors (Lipinski definition) is 3. The number of nitrogens with zero attached hydrogens (tertiary/aromatic N) is 1. The Kier molecular flexibility index (Phi) is 0.697. The third-order valence-corrected chi connectivity index (χ3v) is 2.63. The van der Waals surface area contributed by atoms with Gasteiger partial charge in [-0.25, -0.2) is 0 Å². The van der Waals surface area contributed by atoms with E-state index < -0.39 is 0 Å². The summed E-state index contributed by atoms with van der Waals surface area (Å²) in [6.07, 6.45) is 1.89. The number of rotatable bonds is 0. The van der Waals surface area contributed by atoms with Gasteiger partial charge in [-0.3, -0.25) is 0 Å². The summed E-state index contributed by atoms with van der Waals surface area (Å²) < 4.78 is 10.8. The summed E-state index contributed by atoms with van der Waals surface area (Å²) in [6, 6.07) is 2.25. The minimum absolute atomic E-state index is 0.105. The Morgan fingerprint density at radius 3 is 2.70 bits per heavy atom. The van der Waals surface area contributed by atoms with Crippen molar-refractivity contribution in [3.8, 4) is 6.07 Å². The molecule has 3 aliphatic rings. The molecule has 3 saturated heterocycles. The summed E-state index contributed by atoms with van der Waals surface area (Å²) >= 11 is 0. The van der Waals surface area contributed by atoms with Crippen LogP contribution in [0.1, 0.15) is 6.42 Å². The van der Waals surface area contributed by atoms with Crippen LogP contribution >= 0.6 is 0 Å². The van der Waals surface area contributed by atoms with E-state index in [9.17, 15) is 0 Å². The summed E-state index contributed by atoms with van der Waals surface area (Å²) in [7, 11) is 0. The fourth-order valence-corrected chi connectivity index (χ4v) is 2.08. The highest BCUT2D eigenvalue weighted by molar-refractivity contribution is 5.15. The lowest BCUT2D eigenvalue weighted by Crippen LogP contribution is -2.22. The first-order valence-corrected chi connectivity index (χ1v) is 3.60. The smallest absolute Gasteiger partial charge is 0.114 e. The Morgan fingerprint density at radius 1 is 1.20 bits per heavy atom. The van der Waals surface area contributed by atoms with Crippen LogP contribution in [0.4, 0.5) is 0 Å². The molecule has 3 heterocycles. The third kappa shape index (κ3) is 0.405. The molecule has 0 spiro atoms. The van der Waals surface area contributed by atoms with E-state index in [1.54, 1.807) is 0 Å². The quantitative estimate of drug-likeness (QED) is 0.443. The molecule has 3 fully saturated rings. The van der Waals surface area contributed by atoms with E-state index in [2.05, 4.69) is 6.07 Å². The molecule has 3 rings (SSSR count). The zero-order valence-corrected chi connectivity index (χ0v) is 5.36. The lowest BCUT2D eigenvalue weighted by molar-refractivity contribution is 0.0159. The van der Waals surface area contributed by atoms with Gasteiger partial charge in [0.25, 0.3) is 0 Å². The monoisotopic (exact) mass is 137 g/mol. The Bertz CT molecular complexity index is 222. The molecular formula is C7H7NO2. The van der Waals surface area contributed by atoms with Crippen LogP contribution in [-0.2, 0) is 9.47 Å². The fourth-order valence-electron chi connectivity index (χ4n) is 2.08. The number of epoxide rings is 1. The zero-order valence-electron chi connectivity index (χ0n) is 5.36. The summed E-state index contributed by atoms with van der Waals surface area (Å²) in [5.74, 6) is 0.105. The zero-order chi connectivity index (χ0) is 6.72. The summed E-state index contributed by atoms with van der Waals surface area (Å²) in [6.45, 7) is 0. The molecule has 0 aromatic heterocycles. The van der Waals surface area contributed by atoms with Crippen LogP contribution in [0.25, 0.3) is 0 Å². The van der Waals surface area contributed by atoms with Crippen molar-refractivity contribution < 1.29 is 9.47 Å². The van der Waals surface area contributed by atoms with Gasteiger partial charge < -0.3 is 9.47 Å². The van der Waals surface area contributed by atoms with Crippen molar-refractivity contribution in [2.24, 2.45) is 5.92 Å². The first-order valence-electron chi connectivity index (χ1n) is 3.60. The van der Waals surface area contributed by atoms with Gasteiger partial charge in [-0.2, -0.15) is 5.26 Å². The van der Waals surface area contributed by atoms with Gasteiger partial charge in [0.15, 0.2) is 0 Å². The van der Waals surface area contributed by atoms with Crippen LogP contribution in [-0.4, -0.2) is 24.4 Å². The highest BCUT2D eigenvalue weighted by atomic mass is 16.7. The predicted molar refractivity (Wildman–Crippen MR) is 31.0 cm³/mol. The van der Waals surface area contributed by atoms with Crippen LogP contribution in [0.3, 0.4) is 0 Å². The van der Waals surface area contributed by atoms with Gasteiger partial charge in [0.05, 0.1) is 18.1 Å². The highest BCUT2D eigenvalue weighted by Crippen LogP contribution is 2.50. The molecule has 0 aromatic rings. The van der Waals surface area contributed by atoms with Gasteiger partial charge >= 0.3 is 0 Å². The maximum absolute atomic E-state index is 8.64. The average Bonchev–Trinajstić information content (AvgIpc) is 2.58. The molecule has 0 aliphatic carbocycles. The first-order chi connectivity index (χ1) is 4.90. The van der Waals surface area contributed by atoms with Gasteiger partial charge in [-0.15, -0.1) is 0 Å². The highest BCUT2D eigenvalue weighted by Gasteiger charge is 2.65. The largest absolute Gasteiger partial charge is 0.368 e. The third-order valence-electron chi connectivity index (χ3n) is 2.63. The molecule has 5 atom stereocenters. The Balaban J connectivity index is 1.93. The average molecular weight is 137 g/mol. The van der Waals surface area contributed by atoms with Crippen LogP contribution in [0.5, 0.6) is 0 Å². The van der Waals surface area contributed by atoms with Crippen molar-refractivity contribution in [3.05, 3.63) is 0 Å². The molecular weight excluding hydrogens is 130 g/mol. The minimum Gasteiger partial charge on any atom is -0.368 e. The number of nitriles is 1. The van der Waals surface area contributed by atoms with Crippen molar-refractivity contribution in [1.82, 2.24) is 0 Å². The first kappa shape index (κ1) is 5.11. The molecule has 3 heteroatoms. The Hall–Kier alpha value is -0.590. The van der Waals surface area contributed by atoms with Gasteiger partial charge in [0, 0.05) is 0 Å². The van der Waals surface area contributed by atoms with E-state index in [-0.39, 0.29) is 24.2 Å². The lowest BCUT2D eigenvalue weighted by atomic mass is 9.91. The van der Waals surface area contributed by atoms with E-state index in [0.29, 0.717) is 6.10 Å². The second-order valence-corrected chi connectivity index (χ2v) is 3.18. The number of fused-ring (bicyclic) bond motifs is 5. The van der Waals surface area contributed by atoms with Crippen LogP contribution < -0.4 is 0 Å². The van der Waals surface area contributed by atoms with Crippen molar-refractivity contribution >= 4 is 0 Å². The molecule has 0 aromatic carbocycles. The van der Waals surface area contributed by atoms with Gasteiger partial charge in [-0.05, 0) is 6.42 Å². The van der Waals surface area contributed by atoms with Crippen molar-refractivity contribution in [2.45, 2.75) is 30.8 Å². The summed E-state index contributed by atoms with van der Waals surface area (Å²) in [4.78, 5) is 0. The van der Waals surface area contributed by atoms with Crippen molar-refractivity contribution in [1.29, 1.82) is 5.26 Å². The fraction of sp³-hybridized carbons (Fsp3) is 0.857. The lowest BCUT2D eigenvalue weighted by Gasteiger charge is -2.05. The van der Waals surface area contributed by atoms with E-state index in [0.717, 1.165) is 6.42 Å². The Morgan fingerprint density at radius 2 is 2.10 bits per heavy atom. The van der Waals surface area contributed by atoms with Crippen LogP contribution in [0, 0.1) is 17.2 Å². The maximum atomic E-state index is 8.64. The van der Waals surface area contributed by atoms with E-state index in [1.807, 2.05) is 0 Å². The number of hydrogen-bond donors (Lipinski definition) is 0. The van der Waals surface area contributed by atoms with Gasteiger partial charge in [-0.1, -0.05) is 0 Å². The minimum atomic E-state index is 0.105. The SMILES string of the molecule is N#C[C@@H]1C[C@@H]2O[C@H]1[C@H]1O[C@H]12. The second kappa shape index (κ2) is 1.36. The van der Waals surface area contributed by atoms with Gasteiger partial charge in [0.1, 0.15) is 18.3 Å². The molecule has 52 valence electrons. The van der Waals surface area contributed by atoms with Crippen LogP contribution in [0.2, 0.25) is 0 Å². The Labute approximate surface area is 58.5 Å². The van der Waals surface area contributed by atoms with E-state index in [1.165, 1.54) is 0 Å². The summed E-state index contributed by atoms with van der Waals surface area (Å²) in [5, 5.41) is 8.64. The predicted octanol–water partition coefficient (Wildman–Crippen LogP) is 0.0647. The normalized spacial score (nSPS) is 61.7. The van der Waals surface area contributed by atoms with Crippen molar-refractivity contribution in [3.63, 3.8) is 0 Å². The molecule has 3 aliphatic heterocycles. The maximum Gasteiger partial charge on any atom is 0.114 e.